The molecule has 4 nitrogen and oxygen atoms in total. The molecular formula is C16H24N2O2S. The van der Waals surface area contributed by atoms with Gasteiger partial charge in [-0.05, 0) is 43.0 Å². The van der Waals surface area contributed by atoms with Gasteiger partial charge in [0.15, 0.2) is 0 Å². The molecule has 21 heavy (non-hydrogen) atoms. The molecule has 0 amide bonds. The molecule has 1 aromatic rings. The summed E-state index contributed by atoms with van der Waals surface area (Å²) in [5, 5.41) is 3.31. The molecular weight excluding hydrogens is 284 g/mol. The Kier molecular flexibility index (Phi) is 4.33. The van der Waals surface area contributed by atoms with Gasteiger partial charge >= 0.3 is 0 Å². The maximum atomic E-state index is 13.1. The summed E-state index contributed by atoms with van der Waals surface area (Å²) in [6.45, 7) is 4.14. The maximum Gasteiger partial charge on any atom is 0.243 e. The van der Waals surface area contributed by atoms with E-state index in [4.69, 9.17) is 0 Å². The number of hydrogen-bond acceptors (Lipinski definition) is 3. The highest BCUT2D eigenvalue weighted by Crippen LogP contribution is 2.31. The minimum atomic E-state index is -3.37. The molecule has 3 rings (SSSR count). The number of sulfonamides is 1. The van der Waals surface area contributed by atoms with Crippen LogP contribution in [0.5, 0.6) is 0 Å². The minimum Gasteiger partial charge on any atom is -0.312 e. The van der Waals surface area contributed by atoms with Gasteiger partial charge in [0.2, 0.25) is 10.0 Å². The van der Waals surface area contributed by atoms with Gasteiger partial charge in [0.25, 0.3) is 0 Å². The Labute approximate surface area is 127 Å². The van der Waals surface area contributed by atoms with E-state index in [-0.39, 0.29) is 6.04 Å². The van der Waals surface area contributed by atoms with Crippen LogP contribution in [0.3, 0.4) is 0 Å². The summed E-state index contributed by atoms with van der Waals surface area (Å²) >= 11 is 0. The predicted molar refractivity (Wildman–Crippen MR) is 83.7 cm³/mol. The van der Waals surface area contributed by atoms with Crippen molar-refractivity contribution < 1.29 is 8.42 Å². The van der Waals surface area contributed by atoms with Crippen molar-refractivity contribution in [1.29, 1.82) is 0 Å². The van der Waals surface area contributed by atoms with Crippen LogP contribution in [0.4, 0.5) is 0 Å². The third-order valence-electron chi connectivity index (χ3n) is 4.73. The van der Waals surface area contributed by atoms with E-state index in [2.05, 4.69) is 5.32 Å². The fourth-order valence-electron chi connectivity index (χ4n) is 3.68. The van der Waals surface area contributed by atoms with Crippen molar-refractivity contribution in [2.24, 2.45) is 0 Å². The van der Waals surface area contributed by atoms with Crippen molar-refractivity contribution in [1.82, 2.24) is 9.62 Å². The van der Waals surface area contributed by atoms with Gasteiger partial charge in [0, 0.05) is 19.1 Å². The lowest BCUT2D eigenvalue weighted by molar-refractivity contribution is 0.335. The zero-order valence-corrected chi connectivity index (χ0v) is 13.5. The van der Waals surface area contributed by atoms with E-state index in [0.717, 1.165) is 56.3 Å². The SMILES string of the molecule is CCN(C1CCCC1)S(=O)(=O)c1cccc2c1CCNC2. The number of nitrogens with one attached hydrogen (secondary N) is 1. The van der Waals surface area contributed by atoms with Crippen molar-refractivity contribution in [3.05, 3.63) is 29.3 Å². The van der Waals surface area contributed by atoms with Crippen molar-refractivity contribution in [2.75, 3.05) is 13.1 Å². The smallest absolute Gasteiger partial charge is 0.243 e. The second-order valence-electron chi connectivity index (χ2n) is 5.97. The van der Waals surface area contributed by atoms with Crippen molar-refractivity contribution in [2.45, 2.75) is 56.5 Å². The van der Waals surface area contributed by atoms with Crippen LogP contribution in [-0.2, 0) is 23.0 Å². The first-order valence-corrected chi connectivity index (χ1v) is 9.42. The van der Waals surface area contributed by atoms with Crippen LogP contribution >= 0.6 is 0 Å². The van der Waals surface area contributed by atoms with Gasteiger partial charge in [-0.25, -0.2) is 8.42 Å². The molecule has 116 valence electrons. The normalized spacial score (nSPS) is 19.9. The van der Waals surface area contributed by atoms with Crippen molar-refractivity contribution in [3.63, 3.8) is 0 Å². The average molecular weight is 308 g/mol. The molecule has 0 radical (unpaired) electrons. The molecule has 1 aromatic carbocycles. The standard InChI is InChI=1S/C16H24N2O2S/c1-2-18(14-7-3-4-8-14)21(19,20)16-9-5-6-13-12-17-11-10-15(13)16/h5-6,9,14,17H,2-4,7-8,10-12H2,1H3. The van der Waals surface area contributed by atoms with Crippen LogP contribution in [0.1, 0.15) is 43.7 Å². The Bertz CT molecular complexity index is 607. The summed E-state index contributed by atoms with van der Waals surface area (Å²) < 4.78 is 28.0. The average Bonchev–Trinajstić information content (AvgIpc) is 3.01. The zero-order chi connectivity index (χ0) is 14.9. The molecule has 1 heterocycles. The molecule has 0 aromatic heterocycles. The van der Waals surface area contributed by atoms with Gasteiger partial charge in [0.05, 0.1) is 4.90 Å². The Morgan fingerprint density at radius 3 is 2.76 bits per heavy atom. The summed E-state index contributed by atoms with van der Waals surface area (Å²) in [6, 6.07) is 5.89. The van der Waals surface area contributed by atoms with Crippen LogP contribution in [0, 0.1) is 0 Å². The Morgan fingerprint density at radius 1 is 1.29 bits per heavy atom. The third kappa shape index (κ3) is 2.74. The predicted octanol–water partition coefficient (Wildman–Crippen LogP) is 2.29. The minimum absolute atomic E-state index is 0.192. The quantitative estimate of drug-likeness (QED) is 0.928. The monoisotopic (exact) mass is 308 g/mol. The Balaban J connectivity index is 2.01. The summed E-state index contributed by atoms with van der Waals surface area (Å²) in [5.74, 6) is 0. The fraction of sp³-hybridized carbons (Fsp3) is 0.625. The number of fused-ring (bicyclic) bond motifs is 1. The van der Waals surface area contributed by atoms with Crippen LogP contribution in [0.15, 0.2) is 23.1 Å². The first-order valence-electron chi connectivity index (χ1n) is 7.98. The molecule has 1 N–H and O–H groups in total. The molecule has 1 fully saturated rings. The first kappa shape index (κ1) is 15.0. The van der Waals surface area contributed by atoms with E-state index >= 15 is 0 Å². The topological polar surface area (TPSA) is 49.4 Å². The second kappa shape index (κ2) is 6.07. The van der Waals surface area contributed by atoms with E-state index in [0.29, 0.717) is 11.4 Å². The Morgan fingerprint density at radius 2 is 2.05 bits per heavy atom. The van der Waals surface area contributed by atoms with Crippen molar-refractivity contribution in [3.8, 4) is 0 Å². The molecule has 5 heteroatoms. The number of benzene rings is 1. The van der Waals surface area contributed by atoms with Gasteiger partial charge in [-0.3, -0.25) is 0 Å². The van der Waals surface area contributed by atoms with Gasteiger partial charge in [-0.2, -0.15) is 4.31 Å². The summed E-state index contributed by atoms with van der Waals surface area (Å²) in [5.41, 5.74) is 2.15. The third-order valence-corrected chi connectivity index (χ3v) is 6.84. The lowest BCUT2D eigenvalue weighted by Gasteiger charge is -2.29. The molecule has 0 bridgehead atoms. The molecule has 2 aliphatic rings. The Hall–Kier alpha value is -0.910. The number of rotatable bonds is 4. The van der Waals surface area contributed by atoms with E-state index < -0.39 is 10.0 Å². The number of hydrogen-bond donors (Lipinski definition) is 1. The number of nitrogens with zero attached hydrogens (tertiary/aromatic N) is 1. The van der Waals surface area contributed by atoms with E-state index in [1.54, 1.807) is 10.4 Å². The lowest BCUT2D eigenvalue weighted by Crippen LogP contribution is -2.39. The second-order valence-corrected chi connectivity index (χ2v) is 7.83. The fourth-order valence-corrected chi connectivity index (χ4v) is 5.67. The van der Waals surface area contributed by atoms with Crippen LogP contribution in [0.2, 0.25) is 0 Å². The zero-order valence-electron chi connectivity index (χ0n) is 12.6. The van der Waals surface area contributed by atoms with Crippen molar-refractivity contribution >= 4 is 10.0 Å². The molecule has 0 spiro atoms. The van der Waals surface area contributed by atoms with Crippen LogP contribution in [-0.4, -0.2) is 31.9 Å². The van der Waals surface area contributed by atoms with Gasteiger partial charge in [-0.15, -0.1) is 0 Å². The molecule has 1 saturated carbocycles. The van der Waals surface area contributed by atoms with Gasteiger partial charge in [0.1, 0.15) is 0 Å². The molecule has 0 saturated heterocycles. The summed E-state index contributed by atoms with van der Waals surface area (Å²) in [7, 11) is -3.37. The highest BCUT2D eigenvalue weighted by atomic mass is 32.2. The molecule has 0 unspecified atom stereocenters. The highest BCUT2D eigenvalue weighted by Gasteiger charge is 2.34. The molecule has 1 aliphatic carbocycles. The summed E-state index contributed by atoms with van der Waals surface area (Å²) in [4.78, 5) is 0.537. The van der Waals surface area contributed by atoms with Gasteiger partial charge in [-0.1, -0.05) is 31.9 Å². The lowest BCUT2D eigenvalue weighted by atomic mass is 10.0. The van der Waals surface area contributed by atoms with Gasteiger partial charge < -0.3 is 5.32 Å². The van der Waals surface area contributed by atoms with Crippen LogP contribution < -0.4 is 5.32 Å². The van der Waals surface area contributed by atoms with E-state index in [1.807, 2.05) is 19.1 Å². The maximum absolute atomic E-state index is 13.1. The highest BCUT2D eigenvalue weighted by molar-refractivity contribution is 7.89. The van der Waals surface area contributed by atoms with Crippen LogP contribution in [0.25, 0.3) is 0 Å². The van der Waals surface area contributed by atoms with E-state index in [1.165, 1.54) is 0 Å². The summed E-state index contributed by atoms with van der Waals surface area (Å²) in [6.07, 6.45) is 5.10. The van der Waals surface area contributed by atoms with E-state index in [9.17, 15) is 8.42 Å². The first-order chi connectivity index (χ1) is 10.1. The molecule has 0 atom stereocenters. The largest absolute Gasteiger partial charge is 0.312 e. The molecule has 1 aliphatic heterocycles.